The van der Waals surface area contributed by atoms with E-state index < -0.39 is 0 Å². The van der Waals surface area contributed by atoms with Gasteiger partial charge in [-0.15, -0.1) is 0 Å². The minimum atomic E-state index is 0.369. The number of guanidine groups is 1. The van der Waals surface area contributed by atoms with Crippen LogP contribution < -0.4 is 11.1 Å². The lowest BCUT2D eigenvalue weighted by atomic mass is 10.1. The standard InChI is InChI=1S/C13H18N6/c1-9-4-5-11(6-10(9)2)17-13(14)15-7-12-8-16-19(3)18-12/h4-6,8H,7H2,1-3H3,(H3,14,15,17). The van der Waals surface area contributed by atoms with Crippen LogP contribution in [-0.4, -0.2) is 21.0 Å². The summed E-state index contributed by atoms with van der Waals surface area (Å²) >= 11 is 0. The Morgan fingerprint density at radius 3 is 2.79 bits per heavy atom. The second-order valence-electron chi connectivity index (χ2n) is 4.45. The molecule has 2 aromatic rings. The molecular weight excluding hydrogens is 240 g/mol. The number of benzene rings is 1. The molecule has 2 rings (SSSR count). The summed E-state index contributed by atoms with van der Waals surface area (Å²) in [4.78, 5) is 5.72. The third-order valence-corrected chi connectivity index (χ3v) is 2.84. The summed E-state index contributed by atoms with van der Waals surface area (Å²) < 4.78 is 0. The molecule has 0 aliphatic heterocycles. The molecule has 0 spiro atoms. The Morgan fingerprint density at radius 1 is 1.37 bits per heavy atom. The van der Waals surface area contributed by atoms with Gasteiger partial charge in [0.1, 0.15) is 5.69 Å². The number of hydrogen-bond donors (Lipinski definition) is 2. The topological polar surface area (TPSA) is 81.1 Å². The number of aliphatic imine (C=N–C) groups is 1. The molecule has 1 heterocycles. The summed E-state index contributed by atoms with van der Waals surface area (Å²) in [5.41, 5.74) is 10.0. The first kappa shape index (κ1) is 13.1. The van der Waals surface area contributed by atoms with Gasteiger partial charge in [0.25, 0.3) is 0 Å². The van der Waals surface area contributed by atoms with Crippen molar-refractivity contribution in [3.63, 3.8) is 0 Å². The largest absolute Gasteiger partial charge is 0.370 e. The highest BCUT2D eigenvalue weighted by Gasteiger charge is 2.00. The van der Waals surface area contributed by atoms with Gasteiger partial charge in [0, 0.05) is 12.7 Å². The molecule has 0 fully saturated rings. The number of nitrogens with one attached hydrogen (secondary N) is 1. The Balaban J connectivity index is 1.99. The van der Waals surface area contributed by atoms with Crippen LogP contribution in [0.15, 0.2) is 29.4 Å². The fourth-order valence-corrected chi connectivity index (χ4v) is 1.63. The van der Waals surface area contributed by atoms with Crippen molar-refractivity contribution in [3.05, 3.63) is 41.2 Å². The van der Waals surface area contributed by atoms with Crippen molar-refractivity contribution in [2.45, 2.75) is 20.4 Å². The molecule has 0 saturated heterocycles. The number of anilines is 1. The predicted molar refractivity (Wildman–Crippen MR) is 75.9 cm³/mol. The first-order valence-electron chi connectivity index (χ1n) is 6.04. The SMILES string of the molecule is Cc1ccc(NC(N)=NCc2cnn(C)n2)cc1C. The Morgan fingerprint density at radius 2 is 2.16 bits per heavy atom. The van der Waals surface area contributed by atoms with Crippen LogP contribution in [0.4, 0.5) is 5.69 Å². The van der Waals surface area contributed by atoms with Crippen molar-refractivity contribution in [2.24, 2.45) is 17.8 Å². The van der Waals surface area contributed by atoms with E-state index in [1.54, 1.807) is 13.2 Å². The Labute approximate surface area is 112 Å². The maximum atomic E-state index is 5.83. The smallest absolute Gasteiger partial charge is 0.193 e. The number of nitrogens with two attached hydrogens (primary N) is 1. The molecule has 0 radical (unpaired) electrons. The Hall–Kier alpha value is -2.37. The zero-order valence-corrected chi connectivity index (χ0v) is 11.4. The summed E-state index contributed by atoms with van der Waals surface area (Å²) in [6, 6.07) is 6.07. The number of aryl methyl sites for hydroxylation is 3. The van der Waals surface area contributed by atoms with E-state index >= 15 is 0 Å². The highest BCUT2D eigenvalue weighted by Crippen LogP contribution is 2.13. The molecule has 6 heteroatoms. The van der Waals surface area contributed by atoms with Crippen LogP contribution in [0.5, 0.6) is 0 Å². The van der Waals surface area contributed by atoms with Crippen LogP contribution in [0.3, 0.4) is 0 Å². The first-order chi connectivity index (χ1) is 9.04. The van der Waals surface area contributed by atoms with Crippen molar-refractivity contribution in [1.82, 2.24) is 15.0 Å². The lowest BCUT2D eigenvalue weighted by molar-refractivity contribution is 0.645. The van der Waals surface area contributed by atoms with E-state index in [1.165, 1.54) is 15.9 Å². The van der Waals surface area contributed by atoms with Crippen LogP contribution in [0, 0.1) is 13.8 Å². The van der Waals surface area contributed by atoms with E-state index in [9.17, 15) is 0 Å². The van der Waals surface area contributed by atoms with Gasteiger partial charge < -0.3 is 11.1 Å². The van der Waals surface area contributed by atoms with Gasteiger partial charge in [0.2, 0.25) is 0 Å². The van der Waals surface area contributed by atoms with Crippen molar-refractivity contribution in [3.8, 4) is 0 Å². The van der Waals surface area contributed by atoms with Crippen LogP contribution >= 0.6 is 0 Å². The van der Waals surface area contributed by atoms with Crippen molar-refractivity contribution < 1.29 is 0 Å². The predicted octanol–water partition coefficient (Wildman–Crippen LogP) is 1.36. The number of nitrogens with zero attached hydrogens (tertiary/aromatic N) is 4. The minimum Gasteiger partial charge on any atom is -0.370 e. The van der Waals surface area contributed by atoms with Gasteiger partial charge in [-0.25, -0.2) is 4.99 Å². The summed E-state index contributed by atoms with van der Waals surface area (Å²) in [6.07, 6.45) is 1.67. The average Bonchev–Trinajstić information content (AvgIpc) is 2.77. The van der Waals surface area contributed by atoms with E-state index in [1.807, 2.05) is 18.2 Å². The summed E-state index contributed by atoms with van der Waals surface area (Å²) in [5, 5.41) is 11.2. The van der Waals surface area contributed by atoms with Crippen molar-refractivity contribution in [1.29, 1.82) is 0 Å². The Bertz CT molecular complexity index is 599. The normalized spacial score (nSPS) is 11.6. The maximum absolute atomic E-state index is 5.83. The molecule has 0 amide bonds. The van der Waals surface area contributed by atoms with Crippen LogP contribution in [-0.2, 0) is 13.6 Å². The van der Waals surface area contributed by atoms with E-state index in [4.69, 9.17) is 5.73 Å². The van der Waals surface area contributed by atoms with Gasteiger partial charge in [-0.2, -0.15) is 15.0 Å². The molecule has 100 valence electrons. The van der Waals surface area contributed by atoms with Gasteiger partial charge >= 0.3 is 0 Å². The van der Waals surface area contributed by atoms with Crippen molar-refractivity contribution in [2.75, 3.05) is 5.32 Å². The Kier molecular flexibility index (Phi) is 3.79. The molecule has 0 aliphatic carbocycles. The summed E-state index contributed by atoms with van der Waals surface area (Å²) in [5.74, 6) is 0.369. The van der Waals surface area contributed by atoms with E-state index in [0.717, 1.165) is 11.4 Å². The highest BCUT2D eigenvalue weighted by molar-refractivity contribution is 5.92. The zero-order valence-electron chi connectivity index (χ0n) is 11.4. The third-order valence-electron chi connectivity index (χ3n) is 2.84. The van der Waals surface area contributed by atoms with Gasteiger partial charge in [-0.05, 0) is 37.1 Å². The highest BCUT2D eigenvalue weighted by atomic mass is 15.4. The summed E-state index contributed by atoms with van der Waals surface area (Å²) in [7, 11) is 1.77. The molecule has 3 N–H and O–H groups in total. The lowest BCUT2D eigenvalue weighted by Crippen LogP contribution is -2.22. The van der Waals surface area contributed by atoms with E-state index in [-0.39, 0.29) is 0 Å². The number of aromatic nitrogens is 3. The molecule has 0 atom stereocenters. The third kappa shape index (κ3) is 3.54. The molecule has 0 saturated carbocycles. The van der Waals surface area contributed by atoms with Gasteiger partial charge in [-0.3, -0.25) is 0 Å². The van der Waals surface area contributed by atoms with E-state index in [0.29, 0.717) is 12.5 Å². The molecule has 1 aromatic carbocycles. The number of hydrogen-bond acceptors (Lipinski definition) is 3. The molecular formula is C13H18N6. The first-order valence-corrected chi connectivity index (χ1v) is 6.04. The fourth-order valence-electron chi connectivity index (χ4n) is 1.63. The van der Waals surface area contributed by atoms with Crippen molar-refractivity contribution >= 4 is 11.6 Å². The molecule has 0 unspecified atom stereocenters. The number of rotatable bonds is 3. The van der Waals surface area contributed by atoms with Gasteiger partial charge in [0.15, 0.2) is 5.96 Å². The molecule has 6 nitrogen and oxygen atoms in total. The van der Waals surface area contributed by atoms with E-state index in [2.05, 4.69) is 34.4 Å². The minimum absolute atomic E-state index is 0.369. The second kappa shape index (κ2) is 5.51. The van der Waals surface area contributed by atoms with Gasteiger partial charge in [-0.1, -0.05) is 6.07 Å². The molecule has 0 bridgehead atoms. The average molecular weight is 258 g/mol. The monoisotopic (exact) mass is 258 g/mol. The molecule has 19 heavy (non-hydrogen) atoms. The van der Waals surface area contributed by atoms with Crippen LogP contribution in [0.1, 0.15) is 16.8 Å². The van der Waals surface area contributed by atoms with Crippen LogP contribution in [0.2, 0.25) is 0 Å². The zero-order chi connectivity index (χ0) is 13.8. The van der Waals surface area contributed by atoms with Crippen LogP contribution in [0.25, 0.3) is 0 Å². The maximum Gasteiger partial charge on any atom is 0.193 e. The lowest BCUT2D eigenvalue weighted by Gasteiger charge is -2.07. The van der Waals surface area contributed by atoms with Gasteiger partial charge in [0.05, 0.1) is 12.7 Å². The summed E-state index contributed by atoms with van der Waals surface area (Å²) in [6.45, 7) is 4.55. The molecule has 1 aromatic heterocycles. The molecule has 0 aliphatic rings. The quantitative estimate of drug-likeness (QED) is 0.643. The second-order valence-corrected chi connectivity index (χ2v) is 4.45. The fraction of sp³-hybridized carbons (Fsp3) is 0.308.